The van der Waals surface area contributed by atoms with Crippen LogP contribution in [-0.4, -0.2) is 43.6 Å². The van der Waals surface area contributed by atoms with Gasteiger partial charge in [-0.1, -0.05) is 11.3 Å². The second-order valence-corrected chi connectivity index (χ2v) is 10.3. The number of carbonyl (C=O) groups is 2. The Balaban J connectivity index is 1.88. The molecule has 0 aliphatic rings. The molecule has 1 heterocycles. The van der Waals surface area contributed by atoms with Crippen molar-refractivity contribution in [3.8, 4) is 0 Å². The molecule has 0 bridgehead atoms. The predicted molar refractivity (Wildman–Crippen MR) is 117 cm³/mol. The summed E-state index contributed by atoms with van der Waals surface area (Å²) in [5.41, 5.74) is 1.50. The lowest BCUT2D eigenvalue weighted by atomic mass is 10.2. The highest BCUT2D eigenvalue weighted by molar-refractivity contribution is 9.10. The number of sulfonamides is 1. The van der Waals surface area contributed by atoms with Crippen molar-refractivity contribution in [2.24, 2.45) is 0 Å². The predicted octanol–water partition coefficient (Wildman–Crippen LogP) is 3.52. The topological polar surface area (TPSA) is 108 Å². The minimum atomic E-state index is -3.71. The highest BCUT2D eigenvalue weighted by atomic mass is 79.9. The van der Waals surface area contributed by atoms with Crippen LogP contribution in [0.5, 0.6) is 0 Å². The number of halogens is 1. The Morgan fingerprint density at radius 2 is 1.83 bits per heavy atom. The first-order chi connectivity index (χ1) is 13.6. The summed E-state index contributed by atoms with van der Waals surface area (Å²) in [6.07, 6.45) is 0. The first kappa shape index (κ1) is 21.4. The maximum absolute atomic E-state index is 12.6. The SMILES string of the molecule is CC(=O)Nc1ccc2nc(NC(=O)c3ccc(Br)c(S(=O)(=O)N(C)C)c3)sc2c1. The fourth-order valence-corrected chi connectivity index (χ4v) is 5.21. The fourth-order valence-electron chi connectivity index (χ4n) is 2.47. The quantitative estimate of drug-likeness (QED) is 0.561. The molecule has 1 aromatic heterocycles. The molecule has 0 saturated carbocycles. The van der Waals surface area contributed by atoms with Crippen LogP contribution in [0.1, 0.15) is 17.3 Å². The van der Waals surface area contributed by atoms with Crippen molar-refractivity contribution >= 4 is 70.1 Å². The number of rotatable bonds is 5. The molecule has 0 spiro atoms. The lowest BCUT2D eigenvalue weighted by Crippen LogP contribution is -2.23. The van der Waals surface area contributed by atoms with Crippen LogP contribution in [0.25, 0.3) is 10.2 Å². The van der Waals surface area contributed by atoms with E-state index in [4.69, 9.17) is 0 Å². The number of fused-ring (bicyclic) bond motifs is 1. The monoisotopic (exact) mass is 496 g/mol. The van der Waals surface area contributed by atoms with Crippen LogP contribution in [0.4, 0.5) is 10.8 Å². The van der Waals surface area contributed by atoms with Gasteiger partial charge in [-0.15, -0.1) is 0 Å². The summed E-state index contributed by atoms with van der Waals surface area (Å²) in [6, 6.07) is 9.60. The number of nitrogens with one attached hydrogen (secondary N) is 2. The third kappa shape index (κ3) is 4.64. The van der Waals surface area contributed by atoms with E-state index in [1.807, 2.05) is 0 Å². The van der Waals surface area contributed by atoms with Crippen LogP contribution in [-0.2, 0) is 14.8 Å². The average Bonchev–Trinajstić information content (AvgIpc) is 3.02. The van der Waals surface area contributed by atoms with Gasteiger partial charge in [0.25, 0.3) is 5.91 Å². The van der Waals surface area contributed by atoms with E-state index in [0.717, 1.165) is 9.01 Å². The first-order valence-electron chi connectivity index (χ1n) is 8.29. The maximum Gasteiger partial charge on any atom is 0.257 e. The molecule has 0 fully saturated rings. The number of hydrogen-bond acceptors (Lipinski definition) is 6. The minimum absolute atomic E-state index is 0.000557. The van der Waals surface area contributed by atoms with E-state index < -0.39 is 15.9 Å². The summed E-state index contributed by atoms with van der Waals surface area (Å²) in [7, 11) is -0.870. The van der Waals surface area contributed by atoms with Crippen molar-refractivity contribution in [3.05, 3.63) is 46.4 Å². The van der Waals surface area contributed by atoms with Gasteiger partial charge in [0.1, 0.15) is 0 Å². The van der Waals surface area contributed by atoms with Gasteiger partial charge in [-0.25, -0.2) is 17.7 Å². The highest BCUT2D eigenvalue weighted by Crippen LogP contribution is 2.30. The number of nitrogens with zero attached hydrogens (tertiary/aromatic N) is 2. The zero-order chi connectivity index (χ0) is 21.3. The molecule has 29 heavy (non-hydrogen) atoms. The number of amides is 2. The highest BCUT2D eigenvalue weighted by Gasteiger charge is 2.22. The van der Waals surface area contributed by atoms with Crippen molar-refractivity contribution in [1.29, 1.82) is 0 Å². The van der Waals surface area contributed by atoms with Gasteiger partial charge in [-0.05, 0) is 52.3 Å². The van der Waals surface area contributed by atoms with Gasteiger partial charge in [0.2, 0.25) is 15.9 Å². The molecule has 3 aromatic rings. The summed E-state index contributed by atoms with van der Waals surface area (Å²) in [6.45, 7) is 1.42. The molecule has 0 atom stereocenters. The average molecular weight is 497 g/mol. The Kier molecular flexibility index (Phi) is 6.03. The zero-order valence-corrected chi connectivity index (χ0v) is 18.9. The second kappa shape index (κ2) is 8.19. The van der Waals surface area contributed by atoms with Crippen molar-refractivity contribution in [2.75, 3.05) is 24.7 Å². The molecule has 2 aromatic carbocycles. The largest absolute Gasteiger partial charge is 0.326 e. The van der Waals surface area contributed by atoms with Crippen molar-refractivity contribution in [1.82, 2.24) is 9.29 Å². The van der Waals surface area contributed by atoms with Gasteiger partial charge < -0.3 is 5.32 Å². The molecule has 2 amide bonds. The van der Waals surface area contributed by atoms with Crippen LogP contribution in [0, 0.1) is 0 Å². The molecule has 11 heteroatoms. The summed E-state index contributed by atoms with van der Waals surface area (Å²) in [4.78, 5) is 28.2. The molecular formula is C18H17BrN4O4S2. The van der Waals surface area contributed by atoms with Crippen molar-refractivity contribution < 1.29 is 18.0 Å². The summed E-state index contributed by atoms with van der Waals surface area (Å²) in [5.74, 6) is -0.657. The molecule has 0 saturated heterocycles. The van der Waals surface area contributed by atoms with E-state index in [0.29, 0.717) is 20.8 Å². The van der Waals surface area contributed by atoms with E-state index in [9.17, 15) is 18.0 Å². The summed E-state index contributed by atoms with van der Waals surface area (Å²) < 4.78 is 27.1. The fraction of sp³-hybridized carbons (Fsp3) is 0.167. The number of benzene rings is 2. The van der Waals surface area contributed by atoms with Gasteiger partial charge in [0, 0.05) is 36.7 Å². The maximum atomic E-state index is 12.6. The Bertz CT molecular complexity index is 1220. The summed E-state index contributed by atoms with van der Waals surface area (Å²) in [5, 5.41) is 5.75. The molecule has 0 radical (unpaired) electrons. The van der Waals surface area contributed by atoms with E-state index in [1.165, 1.54) is 50.6 Å². The Morgan fingerprint density at radius 1 is 1.10 bits per heavy atom. The van der Waals surface area contributed by atoms with Crippen molar-refractivity contribution in [3.63, 3.8) is 0 Å². The van der Waals surface area contributed by atoms with Crippen LogP contribution in [0.15, 0.2) is 45.8 Å². The molecular weight excluding hydrogens is 480 g/mol. The Labute approximate surface area is 180 Å². The third-order valence-electron chi connectivity index (χ3n) is 3.88. The number of thiazole rings is 1. The number of hydrogen-bond donors (Lipinski definition) is 2. The molecule has 0 aliphatic carbocycles. The Morgan fingerprint density at radius 3 is 2.48 bits per heavy atom. The van der Waals surface area contributed by atoms with Crippen LogP contribution < -0.4 is 10.6 Å². The van der Waals surface area contributed by atoms with Crippen molar-refractivity contribution in [2.45, 2.75) is 11.8 Å². The number of aromatic nitrogens is 1. The molecule has 3 rings (SSSR count). The smallest absolute Gasteiger partial charge is 0.257 e. The normalized spacial score (nSPS) is 11.6. The molecule has 2 N–H and O–H groups in total. The van der Waals surface area contributed by atoms with E-state index in [-0.39, 0.29) is 16.4 Å². The van der Waals surface area contributed by atoms with Gasteiger partial charge in [-0.3, -0.25) is 14.9 Å². The van der Waals surface area contributed by atoms with Crippen LogP contribution in [0.2, 0.25) is 0 Å². The molecule has 8 nitrogen and oxygen atoms in total. The lowest BCUT2D eigenvalue weighted by molar-refractivity contribution is -0.114. The molecule has 0 aliphatic heterocycles. The zero-order valence-electron chi connectivity index (χ0n) is 15.7. The summed E-state index contributed by atoms with van der Waals surface area (Å²) >= 11 is 4.47. The molecule has 152 valence electrons. The van der Waals surface area contributed by atoms with E-state index >= 15 is 0 Å². The number of carbonyl (C=O) groups excluding carboxylic acids is 2. The lowest BCUT2D eigenvalue weighted by Gasteiger charge is -2.13. The van der Waals surface area contributed by atoms with Crippen LogP contribution >= 0.6 is 27.3 Å². The number of anilines is 2. The third-order valence-corrected chi connectivity index (χ3v) is 7.62. The standard InChI is InChI=1S/C18H17BrN4O4S2/c1-10(24)20-12-5-7-14-15(9-12)28-18(21-14)22-17(25)11-4-6-13(19)16(8-11)29(26,27)23(2)3/h4-9H,1-3H3,(H,20,24)(H,21,22,25). The van der Waals surface area contributed by atoms with Gasteiger partial charge in [0.05, 0.1) is 15.1 Å². The second-order valence-electron chi connectivity index (χ2n) is 6.27. The van der Waals surface area contributed by atoms with E-state index in [1.54, 1.807) is 18.2 Å². The first-order valence-corrected chi connectivity index (χ1v) is 11.3. The van der Waals surface area contributed by atoms with Gasteiger partial charge >= 0.3 is 0 Å². The van der Waals surface area contributed by atoms with Crippen LogP contribution in [0.3, 0.4) is 0 Å². The van der Waals surface area contributed by atoms with Gasteiger partial charge in [0.15, 0.2) is 5.13 Å². The minimum Gasteiger partial charge on any atom is -0.326 e. The van der Waals surface area contributed by atoms with E-state index in [2.05, 4.69) is 31.5 Å². The van der Waals surface area contributed by atoms with Gasteiger partial charge in [-0.2, -0.15) is 0 Å². The Hall–Kier alpha value is -2.34. The molecule has 0 unspecified atom stereocenters.